The van der Waals surface area contributed by atoms with Crippen LogP contribution in [0, 0.1) is 17.1 Å². The third kappa shape index (κ3) is 2.00. The van der Waals surface area contributed by atoms with Crippen LogP contribution in [0.3, 0.4) is 0 Å². The van der Waals surface area contributed by atoms with Crippen molar-refractivity contribution < 1.29 is 4.39 Å². The van der Waals surface area contributed by atoms with Crippen molar-refractivity contribution in [2.24, 2.45) is 0 Å². The molecule has 0 fully saturated rings. The van der Waals surface area contributed by atoms with Gasteiger partial charge in [-0.05, 0) is 42.5 Å². The predicted molar refractivity (Wildman–Crippen MR) is 70.1 cm³/mol. The van der Waals surface area contributed by atoms with Crippen molar-refractivity contribution in [3.63, 3.8) is 0 Å². The number of aromatic nitrogens is 1. The fourth-order valence-corrected chi connectivity index (χ4v) is 2.86. The van der Waals surface area contributed by atoms with E-state index in [1.165, 1.54) is 11.6 Å². The highest BCUT2D eigenvalue weighted by Crippen LogP contribution is 2.36. The summed E-state index contributed by atoms with van der Waals surface area (Å²) in [5, 5.41) is 9.17. The minimum Gasteiger partial charge on any atom is -0.260 e. The van der Waals surface area contributed by atoms with Gasteiger partial charge in [-0.2, -0.15) is 5.26 Å². The molecule has 1 unspecified atom stereocenters. The van der Waals surface area contributed by atoms with Gasteiger partial charge in [-0.1, -0.05) is 18.2 Å². The molecule has 0 amide bonds. The van der Waals surface area contributed by atoms with E-state index in [2.05, 4.69) is 11.1 Å². The van der Waals surface area contributed by atoms with Gasteiger partial charge < -0.3 is 0 Å². The first kappa shape index (κ1) is 11.9. The van der Waals surface area contributed by atoms with Gasteiger partial charge in [0.15, 0.2) is 0 Å². The number of benzene rings is 1. The van der Waals surface area contributed by atoms with Crippen LogP contribution in [0.25, 0.3) is 0 Å². The topological polar surface area (TPSA) is 36.7 Å². The van der Waals surface area contributed by atoms with E-state index >= 15 is 0 Å². The quantitative estimate of drug-likeness (QED) is 0.778. The summed E-state index contributed by atoms with van der Waals surface area (Å²) in [6.07, 6.45) is 4.74. The van der Waals surface area contributed by atoms with Crippen LogP contribution in [-0.4, -0.2) is 4.98 Å². The average Bonchev–Trinajstić information content (AvgIpc) is 2.46. The summed E-state index contributed by atoms with van der Waals surface area (Å²) in [5.41, 5.74) is 3.14. The van der Waals surface area contributed by atoms with Gasteiger partial charge in [0.1, 0.15) is 11.9 Å². The van der Waals surface area contributed by atoms with Crippen molar-refractivity contribution in [1.82, 2.24) is 4.98 Å². The molecular formula is C16H13FN2. The molecule has 0 N–H and O–H groups in total. The van der Waals surface area contributed by atoms with E-state index in [0.29, 0.717) is 0 Å². The Morgan fingerprint density at radius 2 is 2.16 bits per heavy atom. The van der Waals surface area contributed by atoms with Gasteiger partial charge in [0.25, 0.3) is 0 Å². The molecule has 1 aromatic heterocycles. The lowest BCUT2D eigenvalue weighted by molar-refractivity contribution is 0.583. The Kier molecular flexibility index (Phi) is 3.00. The molecule has 1 aromatic carbocycles. The standard InChI is InChI=1S/C16H13FN2/c17-15-8-2-6-12(14(15)10-18)13-7-1-4-11-5-3-9-19-16(11)13/h2-3,5-6,8-9,13H,1,4,7H2. The maximum Gasteiger partial charge on any atom is 0.141 e. The van der Waals surface area contributed by atoms with Gasteiger partial charge in [-0.25, -0.2) is 4.39 Å². The molecule has 0 radical (unpaired) electrons. The molecule has 1 aliphatic rings. The van der Waals surface area contributed by atoms with Crippen molar-refractivity contribution in [1.29, 1.82) is 5.26 Å². The summed E-state index contributed by atoms with van der Waals surface area (Å²) in [4.78, 5) is 4.45. The van der Waals surface area contributed by atoms with Crippen molar-refractivity contribution in [2.45, 2.75) is 25.2 Å². The molecule has 3 rings (SSSR count). The van der Waals surface area contributed by atoms with E-state index < -0.39 is 5.82 Å². The molecule has 0 spiro atoms. The summed E-state index contributed by atoms with van der Waals surface area (Å²) in [6.45, 7) is 0. The molecular weight excluding hydrogens is 239 g/mol. The molecule has 2 aromatic rings. The lowest BCUT2D eigenvalue weighted by atomic mass is 9.80. The minimum atomic E-state index is -0.442. The first-order chi connectivity index (χ1) is 9.31. The third-order valence-corrected chi connectivity index (χ3v) is 3.73. The SMILES string of the molecule is N#Cc1c(F)cccc1C1CCCc2cccnc21. The van der Waals surface area contributed by atoms with E-state index in [1.807, 2.05) is 18.2 Å². The van der Waals surface area contributed by atoms with E-state index in [9.17, 15) is 4.39 Å². The number of hydrogen-bond donors (Lipinski definition) is 0. The second kappa shape index (κ2) is 4.81. The Balaban J connectivity index is 2.15. The highest BCUT2D eigenvalue weighted by Gasteiger charge is 2.25. The lowest BCUT2D eigenvalue weighted by Gasteiger charge is -2.25. The number of hydrogen-bond acceptors (Lipinski definition) is 2. The number of pyridine rings is 1. The molecule has 0 saturated carbocycles. The summed E-state index contributed by atoms with van der Waals surface area (Å²) in [6, 6.07) is 10.8. The van der Waals surface area contributed by atoms with Crippen LogP contribution in [0.5, 0.6) is 0 Å². The fraction of sp³-hybridized carbons (Fsp3) is 0.250. The highest BCUT2D eigenvalue weighted by molar-refractivity contribution is 5.46. The summed E-state index contributed by atoms with van der Waals surface area (Å²) in [5.74, 6) is -0.404. The zero-order chi connectivity index (χ0) is 13.2. The first-order valence-corrected chi connectivity index (χ1v) is 6.43. The number of halogens is 1. The van der Waals surface area contributed by atoms with Crippen LogP contribution in [0.4, 0.5) is 4.39 Å². The van der Waals surface area contributed by atoms with E-state index in [0.717, 1.165) is 30.5 Å². The van der Waals surface area contributed by atoms with E-state index in [-0.39, 0.29) is 11.5 Å². The molecule has 3 heteroatoms. The van der Waals surface area contributed by atoms with E-state index in [4.69, 9.17) is 5.26 Å². The third-order valence-electron chi connectivity index (χ3n) is 3.73. The number of fused-ring (bicyclic) bond motifs is 1. The smallest absolute Gasteiger partial charge is 0.141 e. The molecule has 2 nitrogen and oxygen atoms in total. The van der Waals surface area contributed by atoms with Crippen molar-refractivity contribution in [2.75, 3.05) is 0 Å². The number of nitriles is 1. The minimum absolute atomic E-state index is 0.0373. The second-order valence-corrected chi connectivity index (χ2v) is 4.81. The van der Waals surface area contributed by atoms with Gasteiger partial charge >= 0.3 is 0 Å². The maximum absolute atomic E-state index is 13.7. The molecule has 1 heterocycles. The predicted octanol–water partition coefficient (Wildman–Crippen LogP) is 3.56. The largest absolute Gasteiger partial charge is 0.260 e. The molecule has 0 saturated heterocycles. The zero-order valence-corrected chi connectivity index (χ0v) is 10.4. The van der Waals surface area contributed by atoms with Crippen molar-refractivity contribution >= 4 is 0 Å². The van der Waals surface area contributed by atoms with Crippen molar-refractivity contribution in [3.8, 4) is 6.07 Å². The fourth-order valence-electron chi connectivity index (χ4n) is 2.86. The summed E-state index contributed by atoms with van der Waals surface area (Å²) >= 11 is 0. The van der Waals surface area contributed by atoms with Gasteiger partial charge in [0, 0.05) is 12.1 Å². The highest BCUT2D eigenvalue weighted by atomic mass is 19.1. The molecule has 0 aliphatic heterocycles. The lowest BCUT2D eigenvalue weighted by Crippen LogP contribution is -2.14. The molecule has 19 heavy (non-hydrogen) atoms. The van der Waals surface area contributed by atoms with Gasteiger partial charge in [0.2, 0.25) is 0 Å². The Morgan fingerprint density at radius 1 is 1.26 bits per heavy atom. The molecule has 0 bridgehead atoms. The number of rotatable bonds is 1. The number of aryl methyl sites for hydroxylation is 1. The monoisotopic (exact) mass is 252 g/mol. The summed E-state index contributed by atoms with van der Waals surface area (Å²) < 4.78 is 13.7. The van der Waals surface area contributed by atoms with Crippen LogP contribution >= 0.6 is 0 Å². The van der Waals surface area contributed by atoms with Gasteiger partial charge in [-0.15, -0.1) is 0 Å². The Labute approximate surface area is 111 Å². The molecule has 1 aliphatic carbocycles. The molecule has 94 valence electrons. The van der Waals surface area contributed by atoms with Gasteiger partial charge in [-0.3, -0.25) is 4.98 Å². The summed E-state index contributed by atoms with van der Waals surface area (Å²) in [7, 11) is 0. The zero-order valence-electron chi connectivity index (χ0n) is 10.4. The van der Waals surface area contributed by atoms with Crippen LogP contribution in [0.15, 0.2) is 36.5 Å². The maximum atomic E-state index is 13.7. The number of nitrogens with zero attached hydrogens (tertiary/aromatic N) is 2. The second-order valence-electron chi connectivity index (χ2n) is 4.81. The molecule has 1 atom stereocenters. The normalized spacial score (nSPS) is 17.6. The van der Waals surface area contributed by atoms with Crippen molar-refractivity contribution in [3.05, 3.63) is 64.7 Å². The van der Waals surface area contributed by atoms with Gasteiger partial charge in [0.05, 0.1) is 11.3 Å². The van der Waals surface area contributed by atoms with Crippen LogP contribution in [0.1, 0.15) is 41.1 Å². The Bertz CT molecular complexity index is 658. The first-order valence-electron chi connectivity index (χ1n) is 6.43. The Hall–Kier alpha value is -2.21. The van der Waals surface area contributed by atoms with Crippen LogP contribution in [-0.2, 0) is 6.42 Å². The Morgan fingerprint density at radius 3 is 3.00 bits per heavy atom. The van der Waals surface area contributed by atoms with Crippen LogP contribution in [0.2, 0.25) is 0 Å². The average molecular weight is 252 g/mol. The van der Waals surface area contributed by atoms with E-state index in [1.54, 1.807) is 12.3 Å². The van der Waals surface area contributed by atoms with Crippen LogP contribution < -0.4 is 0 Å².